The summed E-state index contributed by atoms with van der Waals surface area (Å²) < 4.78 is 6.67. The predicted molar refractivity (Wildman–Crippen MR) is 99.9 cm³/mol. The molecule has 1 N–H and O–H groups in total. The smallest absolute Gasteiger partial charge is 0.408 e. The van der Waals surface area contributed by atoms with E-state index < -0.39 is 5.76 Å². The Labute approximate surface area is 154 Å². The molecule has 0 atom stereocenters. The van der Waals surface area contributed by atoms with Gasteiger partial charge in [-0.25, -0.2) is 9.78 Å². The minimum Gasteiger partial charge on any atom is -0.408 e. The molecule has 134 valence electrons. The Balaban J connectivity index is 1.57. The van der Waals surface area contributed by atoms with Crippen LogP contribution in [0.25, 0.3) is 11.1 Å². The number of benzene rings is 1. The predicted octanol–water partition coefficient (Wildman–Crippen LogP) is 2.80. The molecule has 0 bridgehead atoms. The van der Waals surface area contributed by atoms with Gasteiger partial charge in [-0.2, -0.15) is 0 Å². The zero-order valence-electron chi connectivity index (χ0n) is 14.2. The molecule has 0 aliphatic carbocycles. The van der Waals surface area contributed by atoms with Crippen LogP contribution >= 0.6 is 11.6 Å². The second-order valence-electron chi connectivity index (χ2n) is 6.23. The molecule has 4 rings (SSSR count). The van der Waals surface area contributed by atoms with Crippen LogP contribution in [0, 0.1) is 6.92 Å². The van der Waals surface area contributed by atoms with Crippen molar-refractivity contribution in [3.8, 4) is 0 Å². The minimum atomic E-state index is -0.492. The number of rotatable bonds is 3. The number of nitrogens with zero attached hydrogens (tertiary/aromatic N) is 3. The van der Waals surface area contributed by atoms with E-state index in [0.29, 0.717) is 35.0 Å². The highest BCUT2D eigenvalue weighted by Crippen LogP contribution is 2.28. The molecule has 0 fully saturated rings. The van der Waals surface area contributed by atoms with Crippen molar-refractivity contribution in [3.05, 3.63) is 51.6 Å². The van der Waals surface area contributed by atoms with E-state index in [-0.39, 0.29) is 18.9 Å². The molecule has 0 saturated heterocycles. The molecule has 8 heteroatoms. The minimum absolute atomic E-state index is 0.0598. The third-order valence-electron chi connectivity index (χ3n) is 4.40. The van der Waals surface area contributed by atoms with Gasteiger partial charge in [-0.1, -0.05) is 11.6 Å². The highest BCUT2D eigenvalue weighted by Gasteiger charge is 2.23. The zero-order chi connectivity index (χ0) is 18.3. The molecule has 0 spiro atoms. The number of hydrogen-bond donors (Lipinski definition) is 1. The first-order valence-corrected chi connectivity index (χ1v) is 8.70. The standard InChI is InChI=1S/C18H17ClN4O3/c1-11-8-14-17(21-10-11)20-5-7-22(14)16(24)4-6-23-13-3-2-12(19)9-15(13)26-18(23)25/h2-3,8-10H,4-7H2,1H3,(H,20,21). The Morgan fingerprint density at radius 3 is 3.08 bits per heavy atom. The number of amides is 1. The molecule has 1 amide bonds. The maximum atomic E-state index is 12.8. The third kappa shape index (κ3) is 2.94. The van der Waals surface area contributed by atoms with Crippen molar-refractivity contribution < 1.29 is 9.21 Å². The van der Waals surface area contributed by atoms with E-state index in [4.69, 9.17) is 16.0 Å². The highest BCUT2D eigenvalue weighted by molar-refractivity contribution is 6.31. The number of anilines is 2. The molecule has 7 nitrogen and oxygen atoms in total. The summed E-state index contributed by atoms with van der Waals surface area (Å²) in [4.78, 5) is 30.9. The van der Waals surface area contributed by atoms with Crippen LogP contribution < -0.4 is 16.0 Å². The normalized spacial score (nSPS) is 13.5. The molecule has 1 aliphatic heterocycles. The maximum absolute atomic E-state index is 12.8. The second kappa shape index (κ2) is 6.49. The van der Waals surface area contributed by atoms with Crippen LogP contribution in [-0.2, 0) is 11.3 Å². The number of nitrogens with one attached hydrogen (secondary N) is 1. The van der Waals surface area contributed by atoms with Crippen molar-refractivity contribution in [1.29, 1.82) is 0 Å². The fraction of sp³-hybridized carbons (Fsp3) is 0.278. The quantitative estimate of drug-likeness (QED) is 0.764. The van der Waals surface area contributed by atoms with Crippen LogP contribution in [0.5, 0.6) is 0 Å². The number of halogens is 1. The first-order valence-electron chi connectivity index (χ1n) is 8.33. The number of oxazole rings is 1. The molecule has 0 radical (unpaired) electrons. The number of fused-ring (bicyclic) bond motifs is 2. The van der Waals surface area contributed by atoms with E-state index in [0.717, 1.165) is 11.3 Å². The van der Waals surface area contributed by atoms with Crippen molar-refractivity contribution in [1.82, 2.24) is 9.55 Å². The van der Waals surface area contributed by atoms with Gasteiger partial charge in [0.05, 0.1) is 11.2 Å². The van der Waals surface area contributed by atoms with Crippen LogP contribution in [0.15, 0.2) is 39.7 Å². The Bertz CT molecular complexity index is 1060. The van der Waals surface area contributed by atoms with Crippen LogP contribution in [0.4, 0.5) is 11.5 Å². The number of aryl methyl sites for hydroxylation is 2. The highest BCUT2D eigenvalue weighted by atomic mass is 35.5. The van der Waals surface area contributed by atoms with Gasteiger partial charge in [-0.3, -0.25) is 9.36 Å². The molecule has 3 heterocycles. The second-order valence-corrected chi connectivity index (χ2v) is 6.67. The molecule has 0 unspecified atom stereocenters. The summed E-state index contributed by atoms with van der Waals surface area (Å²) in [5.74, 6) is 0.152. The lowest BCUT2D eigenvalue weighted by Gasteiger charge is -2.29. The van der Waals surface area contributed by atoms with Crippen molar-refractivity contribution in [2.24, 2.45) is 0 Å². The molecule has 2 aromatic heterocycles. The topological polar surface area (TPSA) is 80.4 Å². The van der Waals surface area contributed by atoms with Gasteiger partial charge in [0.2, 0.25) is 5.91 Å². The first kappa shape index (κ1) is 16.7. The summed E-state index contributed by atoms with van der Waals surface area (Å²) in [6, 6.07) is 6.95. The molecule has 26 heavy (non-hydrogen) atoms. The lowest BCUT2D eigenvalue weighted by molar-refractivity contribution is -0.118. The summed E-state index contributed by atoms with van der Waals surface area (Å²) in [6.07, 6.45) is 1.95. The SMILES string of the molecule is Cc1cnc2c(c1)N(C(=O)CCn1c(=O)oc3cc(Cl)ccc31)CCN2. The van der Waals surface area contributed by atoms with E-state index in [9.17, 15) is 9.59 Å². The summed E-state index contributed by atoms with van der Waals surface area (Å²) in [7, 11) is 0. The van der Waals surface area contributed by atoms with Gasteiger partial charge in [-0.15, -0.1) is 0 Å². The molecule has 1 aliphatic rings. The van der Waals surface area contributed by atoms with Gasteiger partial charge < -0.3 is 14.6 Å². The number of aromatic nitrogens is 2. The van der Waals surface area contributed by atoms with Crippen molar-refractivity contribution in [2.45, 2.75) is 19.9 Å². The Morgan fingerprint density at radius 1 is 1.38 bits per heavy atom. The Hall–Kier alpha value is -2.80. The van der Waals surface area contributed by atoms with Gasteiger partial charge in [0.15, 0.2) is 5.58 Å². The van der Waals surface area contributed by atoms with Gasteiger partial charge in [-0.05, 0) is 30.7 Å². The summed E-state index contributed by atoms with van der Waals surface area (Å²) in [5.41, 5.74) is 2.81. The van der Waals surface area contributed by atoms with Gasteiger partial charge >= 0.3 is 5.76 Å². The van der Waals surface area contributed by atoms with Crippen LogP contribution in [-0.4, -0.2) is 28.5 Å². The number of hydrogen-bond acceptors (Lipinski definition) is 5. The molecule has 1 aromatic carbocycles. The van der Waals surface area contributed by atoms with E-state index in [1.54, 1.807) is 29.3 Å². The average Bonchev–Trinajstić information content (AvgIpc) is 2.93. The summed E-state index contributed by atoms with van der Waals surface area (Å²) in [5, 5.41) is 3.69. The van der Waals surface area contributed by atoms with E-state index in [1.165, 1.54) is 4.57 Å². The largest absolute Gasteiger partial charge is 0.419 e. The van der Waals surface area contributed by atoms with Crippen LogP contribution in [0.2, 0.25) is 5.02 Å². The summed E-state index contributed by atoms with van der Waals surface area (Å²) in [6.45, 7) is 3.38. The molecular weight excluding hydrogens is 356 g/mol. The Kier molecular flexibility index (Phi) is 4.16. The molecule has 3 aromatic rings. The van der Waals surface area contributed by atoms with Crippen LogP contribution in [0.3, 0.4) is 0 Å². The molecular formula is C18H17ClN4O3. The summed E-state index contributed by atoms with van der Waals surface area (Å²) >= 11 is 5.93. The van der Waals surface area contributed by atoms with Gasteiger partial charge in [0, 0.05) is 43.3 Å². The average molecular weight is 373 g/mol. The maximum Gasteiger partial charge on any atom is 0.419 e. The first-order chi connectivity index (χ1) is 12.5. The van der Waals surface area contributed by atoms with Crippen molar-refractivity contribution >= 4 is 40.1 Å². The lowest BCUT2D eigenvalue weighted by Crippen LogP contribution is -2.39. The fourth-order valence-electron chi connectivity index (χ4n) is 3.16. The lowest BCUT2D eigenvalue weighted by atomic mass is 10.2. The van der Waals surface area contributed by atoms with E-state index >= 15 is 0 Å². The number of carbonyl (C=O) groups excluding carboxylic acids is 1. The van der Waals surface area contributed by atoms with Crippen molar-refractivity contribution in [2.75, 3.05) is 23.3 Å². The zero-order valence-corrected chi connectivity index (χ0v) is 14.9. The van der Waals surface area contributed by atoms with Gasteiger partial charge in [0.25, 0.3) is 0 Å². The number of carbonyl (C=O) groups is 1. The fourth-order valence-corrected chi connectivity index (χ4v) is 3.32. The van der Waals surface area contributed by atoms with E-state index in [1.807, 2.05) is 13.0 Å². The molecule has 0 saturated carbocycles. The van der Waals surface area contributed by atoms with Gasteiger partial charge in [0.1, 0.15) is 5.82 Å². The third-order valence-corrected chi connectivity index (χ3v) is 4.64. The number of pyridine rings is 1. The van der Waals surface area contributed by atoms with Crippen LogP contribution in [0.1, 0.15) is 12.0 Å². The van der Waals surface area contributed by atoms with E-state index in [2.05, 4.69) is 10.3 Å². The van der Waals surface area contributed by atoms with Crippen molar-refractivity contribution in [3.63, 3.8) is 0 Å². The Morgan fingerprint density at radius 2 is 2.23 bits per heavy atom. The monoisotopic (exact) mass is 372 g/mol.